The van der Waals surface area contributed by atoms with E-state index in [1.165, 1.54) is 30.3 Å². The van der Waals surface area contributed by atoms with Crippen molar-refractivity contribution in [1.82, 2.24) is 0 Å². The van der Waals surface area contributed by atoms with Crippen molar-refractivity contribution in [3.8, 4) is 0 Å². The molecule has 0 aliphatic heterocycles. The average Bonchev–Trinajstić information content (AvgIpc) is 2.50. The summed E-state index contributed by atoms with van der Waals surface area (Å²) in [5.74, 6) is -1.83. The molecular weight excluding hydrogens is 333 g/mol. The summed E-state index contributed by atoms with van der Waals surface area (Å²) < 4.78 is 4.67. The fourth-order valence-corrected chi connectivity index (χ4v) is 1.84. The molecule has 22 heavy (non-hydrogen) atoms. The summed E-state index contributed by atoms with van der Waals surface area (Å²) in [5, 5.41) is 10.9. The van der Waals surface area contributed by atoms with E-state index in [-0.39, 0.29) is 26.9 Å². The van der Waals surface area contributed by atoms with Gasteiger partial charge in [-0.05, 0) is 30.3 Å². The zero-order valence-electron chi connectivity index (χ0n) is 10.8. The maximum Gasteiger partial charge on any atom is 0.346 e. The maximum atomic E-state index is 11.8. The minimum absolute atomic E-state index is 0.0130. The van der Waals surface area contributed by atoms with Crippen LogP contribution in [0.3, 0.4) is 0 Å². The molecule has 0 atom stereocenters. The Balaban J connectivity index is 2.12. The predicted octanol–water partition coefficient (Wildman–Crippen LogP) is 3.90. The summed E-state index contributed by atoms with van der Waals surface area (Å²) in [5.41, 5.74) is -0.101. The summed E-state index contributed by atoms with van der Waals surface area (Å²) in [6.45, 7) is 0. The Hall–Kier alpha value is -2.44. The van der Waals surface area contributed by atoms with Crippen molar-refractivity contribution in [3.63, 3.8) is 0 Å². The molecule has 0 saturated carbocycles. The Morgan fingerprint density at radius 2 is 1.45 bits per heavy atom. The van der Waals surface area contributed by atoms with E-state index in [0.717, 1.165) is 12.1 Å². The molecule has 0 spiro atoms. The highest BCUT2D eigenvalue weighted by atomic mass is 35.5. The molecule has 112 valence electrons. The van der Waals surface area contributed by atoms with E-state index >= 15 is 0 Å². The lowest BCUT2D eigenvalue weighted by Crippen LogP contribution is -2.12. The molecule has 0 unspecified atom stereocenters. The van der Waals surface area contributed by atoms with Crippen LogP contribution in [0.1, 0.15) is 20.7 Å². The second kappa shape index (κ2) is 6.55. The van der Waals surface area contributed by atoms with Crippen molar-refractivity contribution < 1.29 is 19.2 Å². The van der Waals surface area contributed by atoms with Gasteiger partial charge in [0, 0.05) is 12.1 Å². The summed E-state index contributed by atoms with van der Waals surface area (Å²) in [4.78, 5) is 33.5. The third-order valence-electron chi connectivity index (χ3n) is 2.65. The first-order chi connectivity index (χ1) is 10.4. The van der Waals surface area contributed by atoms with Crippen molar-refractivity contribution in [2.75, 3.05) is 0 Å². The van der Waals surface area contributed by atoms with Gasteiger partial charge < -0.3 is 4.74 Å². The number of benzene rings is 2. The lowest BCUT2D eigenvalue weighted by atomic mass is 10.2. The first kappa shape index (κ1) is 15.9. The Morgan fingerprint density at radius 1 is 0.909 bits per heavy atom. The molecule has 0 heterocycles. The molecule has 0 radical (unpaired) electrons. The highest BCUT2D eigenvalue weighted by molar-refractivity contribution is 6.42. The molecular formula is C14H7Cl2NO5. The van der Waals surface area contributed by atoms with Crippen LogP contribution in [0.25, 0.3) is 0 Å². The number of rotatable bonds is 3. The van der Waals surface area contributed by atoms with E-state index in [0.29, 0.717) is 0 Å². The topological polar surface area (TPSA) is 86.5 Å². The SMILES string of the molecule is O=C(OC(=O)c1ccc(Cl)c(Cl)c1)c1ccc([N+](=O)[O-])cc1. The maximum absolute atomic E-state index is 11.8. The molecule has 0 aliphatic carbocycles. The molecule has 0 aliphatic rings. The van der Waals surface area contributed by atoms with E-state index in [1.807, 2.05) is 0 Å². The van der Waals surface area contributed by atoms with Crippen molar-refractivity contribution in [2.45, 2.75) is 0 Å². The van der Waals surface area contributed by atoms with E-state index in [1.54, 1.807) is 0 Å². The average molecular weight is 340 g/mol. The van der Waals surface area contributed by atoms with Crippen LogP contribution in [0.2, 0.25) is 10.0 Å². The zero-order valence-corrected chi connectivity index (χ0v) is 12.3. The third kappa shape index (κ3) is 3.60. The molecule has 0 bridgehead atoms. The highest BCUT2D eigenvalue weighted by Crippen LogP contribution is 2.23. The van der Waals surface area contributed by atoms with E-state index in [2.05, 4.69) is 4.74 Å². The quantitative estimate of drug-likeness (QED) is 0.366. The first-order valence-corrected chi connectivity index (χ1v) is 6.60. The van der Waals surface area contributed by atoms with Gasteiger partial charge in [-0.1, -0.05) is 23.2 Å². The van der Waals surface area contributed by atoms with Gasteiger partial charge in [-0.3, -0.25) is 10.1 Å². The van der Waals surface area contributed by atoms with Gasteiger partial charge >= 0.3 is 11.9 Å². The normalized spacial score (nSPS) is 10.1. The highest BCUT2D eigenvalue weighted by Gasteiger charge is 2.17. The number of non-ortho nitro benzene ring substituents is 1. The van der Waals surface area contributed by atoms with Crippen LogP contribution in [0.4, 0.5) is 5.69 Å². The number of esters is 2. The van der Waals surface area contributed by atoms with Gasteiger partial charge in [-0.2, -0.15) is 0 Å². The summed E-state index contributed by atoms with van der Waals surface area (Å²) >= 11 is 11.5. The van der Waals surface area contributed by atoms with Crippen molar-refractivity contribution >= 4 is 40.8 Å². The largest absolute Gasteiger partial charge is 0.386 e. The smallest absolute Gasteiger partial charge is 0.346 e. The minimum Gasteiger partial charge on any atom is -0.386 e. The van der Waals surface area contributed by atoms with Gasteiger partial charge in [-0.15, -0.1) is 0 Å². The molecule has 0 fully saturated rings. The summed E-state index contributed by atoms with van der Waals surface area (Å²) in [6.07, 6.45) is 0. The van der Waals surface area contributed by atoms with Crippen LogP contribution in [0.15, 0.2) is 42.5 Å². The van der Waals surface area contributed by atoms with Crippen molar-refractivity contribution in [2.24, 2.45) is 0 Å². The van der Waals surface area contributed by atoms with Crippen molar-refractivity contribution in [3.05, 3.63) is 73.8 Å². The van der Waals surface area contributed by atoms with E-state index < -0.39 is 16.9 Å². The Kier molecular flexibility index (Phi) is 4.75. The van der Waals surface area contributed by atoms with Gasteiger partial charge in [-0.25, -0.2) is 9.59 Å². The minimum atomic E-state index is -0.925. The fraction of sp³-hybridized carbons (Fsp3) is 0. The fourth-order valence-electron chi connectivity index (χ4n) is 1.54. The third-order valence-corrected chi connectivity index (χ3v) is 3.39. The second-order valence-electron chi connectivity index (χ2n) is 4.11. The van der Waals surface area contributed by atoms with Gasteiger partial charge in [0.05, 0.1) is 26.1 Å². The lowest BCUT2D eigenvalue weighted by Gasteiger charge is -2.04. The predicted molar refractivity (Wildman–Crippen MR) is 79.3 cm³/mol. The number of ether oxygens (including phenoxy) is 1. The van der Waals surface area contributed by atoms with E-state index in [4.69, 9.17) is 23.2 Å². The number of hydrogen-bond acceptors (Lipinski definition) is 5. The number of nitro groups is 1. The van der Waals surface area contributed by atoms with Gasteiger partial charge in [0.2, 0.25) is 0 Å². The molecule has 0 aromatic heterocycles. The van der Waals surface area contributed by atoms with E-state index in [9.17, 15) is 19.7 Å². The number of carbonyl (C=O) groups excluding carboxylic acids is 2. The summed E-state index contributed by atoms with van der Waals surface area (Å²) in [7, 11) is 0. The van der Waals surface area contributed by atoms with Crippen LogP contribution in [0.5, 0.6) is 0 Å². The Morgan fingerprint density at radius 3 is 2.00 bits per heavy atom. The van der Waals surface area contributed by atoms with Crippen LogP contribution >= 0.6 is 23.2 Å². The van der Waals surface area contributed by atoms with Gasteiger partial charge in [0.25, 0.3) is 5.69 Å². The number of hydrogen-bond donors (Lipinski definition) is 0. The van der Waals surface area contributed by atoms with Crippen LogP contribution in [-0.4, -0.2) is 16.9 Å². The van der Waals surface area contributed by atoms with Crippen LogP contribution < -0.4 is 0 Å². The number of carbonyl (C=O) groups is 2. The lowest BCUT2D eigenvalue weighted by molar-refractivity contribution is -0.384. The molecule has 2 aromatic rings. The summed E-state index contributed by atoms with van der Waals surface area (Å²) in [6, 6.07) is 8.71. The number of nitro benzene ring substituents is 1. The zero-order chi connectivity index (χ0) is 16.3. The Bertz CT molecular complexity index is 758. The number of nitrogens with zero attached hydrogens (tertiary/aromatic N) is 1. The van der Waals surface area contributed by atoms with Crippen molar-refractivity contribution in [1.29, 1.82) is 0 Å². The molecule has 2 rings (SSSR count). The first-order valence-electron chi connectivity index (χ1n) is 5.84. The Labute approximate surface area is 134 Å². The molecule has 0 amide bonds. The monoisotopic (exact) mass is 339 g/mol. The second-order valence-corrected chi connectivity index (χ2v) is 4.92. The van der Waals surface area contributed by atoms with Gasteiger partial charge in [0.1, 0.15) is 0 Å². The molecule has 8 heteroatoms. The van der Waals surface area contributed by atoms with Crippen LogP contribution in [0, 0.1) is 10.1 Å². The van der Waals surface area contributed by atoms with Crippen LogP contribution in [-0.2, 0) is 4.74 Å². The molecule has 2 aromatic carbocycles. The standard InChI is InChI=1S/C14H7Cl2NO5/c15-11-6-3-9(7-12(11)16)14(19)22-13(18)8-1-4-10(5-2-8)17(20)21/h1-7H. The molecule has 6 nitrogen and oxygen atoms in total. The van der Waals surface area contributed by atoms with Gasteiger partial charge in [0.15, 0.2) is 0 Å². The molecule has 0 saturated heterocycles. The number of halogens is 2. The molecule has 0 N–H and O–H groups in total.